The van der Waals surface area contributed by atoms with Crippen LogP contribution in [0.2, 0.25) is 0 Å². The molecule has 0 saturated carbocycles. The minimum Gasteiger partial charge on any atom is -0.306 e. The highest BCUT2D eigenvalue weighted by atomic mass is 32.2. The lowest BCUT2D eigenvalue weighted by Crippen LogP contribution is -2.36. The van der Waals surface area contributed by atoms with Crippen molar-refractivity contribution in [1.82, 2.24) is 10.3 Å². The molecule has 0 aliphatic carbocycles. The van der Waals surface area contributed by atoms with Crippen LogP contribution in [0.4, 0.5) is 0 Å². The summed E-state index contributed by atoms with van der Waals surface area (Å²) in [6.45, 7) is 2.25. The first-order chi connectivity index (χ1) is 8.40. The number of hydrogen-bond acceptors (Lipinski definition) is 4. The van der Waals surface area contributed by atoms with Crippen LogP contribution in [0.25, 0.3) is 0 Å². The molecule has 0 bridgehead atoms. The molecule has 2 heterocycles. The molecule has 1 aliphatic heterocycles. The molecule has 0 amide bonds. The maximum Gasteiger partial charge on any atom is 0.0321 e. The van der Waals surface area contributed by atoms with Crippen molar-refractivity contribution in [3.8, 4) is 0 Å². The van der Waals surface area contributed by atoms with E-state index in [1.807, 2.05) is 12.4 Å². The number of pyridine rings is 1. The van der Waals surface area contributed by atoms with Crippen molar-refractivity contribution in [2.75, 3.05) is 23.0 Å². The standard InChI is InChI=1S/C13H20N2S2/c1-2-13(11-3-5-14-6-4-11)15-12-9-16-7-8-17-10-12/h3-6,12-13,15H,2,7-10H2,1H3/t13-/m1/s1. The second kappa shape index (κ2) is 7.29. The van der Waals surface area contributed by atoms with Gasteiger partial charge in [0, 0.05) is 47.5 Å². The highest BCUT2D eigenvalue weighted by Crippen LogP contribution is 2.21. The monoisotopic (exact) mass is 268 g/mol. The van der Waals surface area contributed by atoms with Gasteiger partial charge in [-0.25, -0.2) is 0 Å². The topological polar surface area (TPSA) is 24.9 Å². The molecule has 0 aromatic carbocycles. The van der Waals surface area contributed by atoms with E-state index < -0.39 is 0 Å². The highest BCUT2D eigenvalue weighted by molar-refractivity contribution is 8.03. The summed E-state index contributed by atoms with van der Waals surface area (Å²) in [5, 5.41) is 3.79. The number of nitrogens with zero attached hydrogens (tertiary/aromatic N) is 1. The average Bonchev–Trinajstić information content (AvgIpc) is 2.65. The van der Waals surface area contributed by atoms with Gasteiger partial charge in [0.2, 0.25) is 0 Å². The zero-order chi connectivity index (χ0) is 11.9. The molecule has 1 saturated heterocycles. The molecule has 94 valence electrons. The Morgan fingerprint density at radius 2 is 1.94 bits per heavy atom. The zero-order valence-corrected chi connectivity index (χ0v) is 11.9. The fraction of sp³-hybridized carbons (Fsp3) is 0.615. The number of hydrogen-bond donors (Lipinski definition) is 1. The first kappa shape index (κ1) is 13.2. The van der Waals surface area contributed by atoms with Crippen molar-refractivity contribution in [3.05, 3.63) is 30.1 Å². The molecular formula is C13H20N2S2. The van der Waals surface area contributed by atoms with Gasteiger partial charge in [0.25, 0.3) is 0 Å². The van der Waals surface area contributed by atoms with Crippen LogP contribution in [-0.4, -0.2) is 34.0 Å². The highest BCUT2D eigenvalue weighted by Gasteiger charge is 2.17. The quantitative estimate of drug-likeness (QED) is 0.907. The molecule has 0 radical (unpaired) electrons. The summed E-state index contributed by atoms with van der Waals surface area (Å²) >= 11 is 4.15. The first-order valence-corrected chi connectivity index (χ1v) is 8.52. The van der Waals surface area contributed by atoms with E-state index in [-0.39, 0.29) is 0 Å². The van der Waals surface area contributed by atoms with Crippen molar-refractivity contribution in [2.45, 2.75) is 25.4 Å². The van der Waals surface area contributed by atoms with Gasteiger partial charge in [0.05, 0.1) is 0 Å². The van der Waals surface area contributed by atoms with Gasteiger partial charge in [0.1, 0.15) is 0 Å². The Morgan fingerprint density at radius 3 is 2.53 bits per heavy atom. The molecule has 1 atom stereocenters. The lowest BCUT2D eigenvalue weighted by atomic mass is 10.1. The molecule has 1 aliphatic rings. The van der Waals surface area contributed by atoms with Crippen molar-refractivity contribution in [2.24, 2.45) is 0 Å². The molecule has 17 heavy (non-hydrogen) atoms. The lowest BCUT2D eigenvalue weighted by molar-refractivity contribution is 0.474. The van der Waals surface area contributed by atoms with Gasteiger partial charge in [-0.2, -0.15) is 23.5 Å². The van der Waals surface area contributed by atoms with Gasteiger partial charge in [0.15, 0.2) is 0 Å². The van der Waals surface area contributed by atoms with Crippen molar-refractivity contribution < 1.29 is 0 Å². The maximum atomic E-state index is 4.09. The van der Waals surface area contributed by atoms with Gasteiger partial charge in [-0.3, -0.25) is 4.98 Å². The van der Waals surface area contributed by atoms with Crippen LogP contribution < -0.4 is 5.32 Å². The smallest absolute Gasteiger partial charge is 0.0321 e. The summed E-state index contributed by atoms with van der Waals surface area (Å²) in [5.74, 6) is 5.09. The van der Waals surface area contributed by atoms with E-state index in [1.165, 1.54) is 28.6 Å². The molecule has 0 spiro atoms. The Kier molecular flexibility index (Phi) is 5.68. The third-order valence-corrected chi connectivity index (χ3v) is 5.48. The van der Waals surface area contributed by atoms with Crippen LogP contribution in [0.15, 0.2) is 24.5 Å². The van der Waals surface area contributed by atoms with E-state index in [2.05, 4.69) is 52.9 Å². The fourth-order valence-electron chi connectivity index (χ4n) is 2.04. The van der Waals surface area contributed by atoms with Crippen molar-refractivity contribution in [1.29, 1.82) is 0 Å². The molecule has 2 rings (SSSR count). The van der Waals surface area contributed by atoms with Gasteiger partial charge in [-0.05, 0) is 24.1 Å². The second-order valence-corrected chi connectivity index (χ2v) is 6.55. The van der Waals surface area contributed by atoms with Gasteiger partial charge in [-0.1, -0.05) is 6.92 Å². The molecule has 1 fully saturated rings. The summed E-state index contributed by atoms with van der Waals surface area (Å²) in [7, 11) is 0. The molecule has 4 heteroatoms. The fourth-order valence-corrected chi connectivity index (χ4v) is 4.47. The van der Waals surface area contributed by atoms with Crippen LogP contribution in [0.3, 0.4) is 0 Å². The molecule has 1 aromatic heterocycles. The van der Waals surface area contributed by atoms with Crippen LogP contribution in [0, 0.1) is 0 Å². The summed E-state index contributed by atoms with van der Waals surface area (Å²) in [6, 6.07) is 5.36. The van der Waals surface area contributed by atoms with Gasteiger partial charge < -0.3 is 5.32 Å². The molecule has 1 aromatic rings. The third-order valence-electron chi connectivity index (χ3n) is 2.96. The van der Waals surface area contributed by atoms with Gasteiger partial charge >= 0.3 is 0 Å². The Labute approximate surface area is 112 Å². The number of rotatable bonds is 4. The van der Waals surface area contributed by atoms with E-state index in [4.69, 9.17) is 0 Å². The van der Waals surface area contributed by atoms with E-state index in [9.17, 15) is 0 Å². The number of nitrogens with one attached hydrogen (secondary N) is 1. The number of thioether (sulfide) groups is 2. The summed E-state index contributed by atoms with van der Waals surface area (Å²) in [6.07, 6.45) is 4.91. The minimum atomic E-state index is 0.474. The van der Waals surface area contributed by atoms with Crippen molar-refractivity contribution >= 4 is 23.5 Å². The predicted molar refractivity (Wildman–Crippen MR) is 78.8 cm³/mol. The first-order valence-electron chi connectivity index (χ1n) is 6.21. The lowest BCUT2D eigenvalue weighted by Gasteiger charge is -2.23. The van der Waals surface area contributed by atoms with Crippen LogP contribution in [0.1, 0.15) is 24.9 Å². The largest absolute Gasteiger partial charge is 0.306 e. The Bertz CT molecular complexity index is 310. The molecule has 2 nitrogen and oxygen atoms in total. The van der Waals surface area contributed by atoms with Gasteiger partial charge in [-0.15, -0.1) is 0 Å². The second-order valence-electron chi connectivity index (χ2n) is 4.25. The van der Waals surface area contributed by atoms with E-state index in [1.54, 1.807) is 0 Å². The SMILES string of the molecule is CC[C@@H](NC1CSCCSC1)c1ccncc1. The summed E-state index contributed by atoms with van der Waals surface area (Å²) in [5.41, 5.74) is 1.36. The van der Waals surface area contributed by atoms with E-state index in [0.717, 1.165) is 6.42 Å². The normalized spacial score (nSPS) is 19.8. The van der Waals surface area contributed by atoms with Crippen LogP contribution in [-0.2, 0) is 0 Å². The zero-order valence-electron chi connectivity index (χ0n) is 10.3. The minimum absolute atomic E-state index is 0.474. The molecular weight excluding hydrogens is 248 g/mol. The van der Waals surface area contributed by atoms with Crippen LogP contribution >= 0.6 is 23.5 Å². The number of aromatic nitrogens is 1. The Morgan fingerprint density at radius 1 is 1.29 bits per heavy atom. The average molecular weight is 268 g/mol. The third kappa shape index (κ3) is 4.19. The Balaban J connectivity index is 1.94. The summed E-state index contributed by atoms with van der Waals surface area (Å²) in [4.78, 5) is 4.09. The maximum absolute atomic E-state index is 4.09. The Hall–Kier alpha value is -0.190. The van der Waals surface area contributed by atoms with Crippen LogP contribution in [0.5, 0.6) is 0 Å². The molecule has 0 unspecified atom stereocenters. The van der Waals surface area contributed by atoms with E-state index >= 15 is 0 Å². The predicted octanol–water partition coefficient (Wildman–Crippen LogP) is 2.97. The molecule has 1 N–H and O–H groups in total. The van der Waals surface area contributed by atoms with Crippen molar-refractivity contribution in [3.63, 3.8) is 0 Å². The summed E-state index contributed by atoms with van der Waals surface area (Å²) < 4.78 is 0. The van der Waals surface area contributed by atoms with E-state index in [0.29, 0.717) is 12.1 Å².